The van der Waals surface area contributed by atoms with E-state index in [-0.39, 0.29) is 5.91 Å². The van der Waals surface area contributed by atoms with Gasteiger partial charge in [-0.2, -0.15) is 0 Å². The number of carbonyl (C=O) groups excluding carboxylic acids is 1. The van der Waals surface area contributed by atoms with Crippen LogP contribution < -0.4 is 19.5 Å². The maximum absolute atomic E-state index is 10.8. The van der Waals surface area contributed by atoms with Crippen molar-refractivity contribution in [3.63, 3.8) is 0 Å². The van der Waals surface area contributed by atoms with Crippen LogP contribution in [0.4, 0.5) is 0 Å². The summed E-state index contributed by atoms with van der Waals surface area (Å²) in [6, 6.07) is 5.28. The number of hydrogen-bond donors (Lipinski definition) is 1. The van der Waals surface area contributed by atoms with Crippen LogP contribution in [0.1, 0.15) is 6.92 Å². The Morgan fingerprint density at radius 2 is 2.24 bits per heavy atom. The zero-order valence-electron chi connectivity index (χ0n) is 9.65. The van der Waals surface area contributed by atoms with E-state index in [9.17, 15) is 4.79 Å². The SMILES string of the molecule is COc1ccc2c(c1)OC(CNC(C)=O)=CO2. The van der Waals surface area contributed by atoms with Crippen LogP contribution in [0, 0.1) is 0 Å². The van der Waals surface area contributed by atoms with Gasteiger partial charge in [-0.05, 0) is 12.1 Å². The summed E-state index contributed by atoms with van der Waals surface area (Å²) >= 11 is 0. The number of hydrogen-bond acceptors (Lipinski definition) is 4. The van der Waals surface area contributed by atoms with Gasteiger partial charge in [0.2, 0.25) is 5.91 Å². The number of amides is 1. The predicted octanol–water partition coefficient (Wildman–Crippen LogP) is 1.44. The van der Waals surface area contributed by atoms with E-state index in [0.29, 0.717) is 29.6 Å². The maximum Gasteiger partial charge on any atom is 0.217 e. The molecule has 1 aliphatic rings. The first-order valence-corrected chi connectivity index (χ1v) is 5.15. The molecule has 0 aliphatic carbocycles. The van der Waals surface area contributed by atoms with Gasteiger partial charge in [-0.15, -0.1) is 0 Å². The number of rotatable bonds is 3. The molecule has 0 atom stereocenters. The molecule has 5 nitrogen and oxygen atoms in total. The Balaban J connectivity index is 2.08. The molecule has 1 heterocycles. The number of nitrogens with one attached hydrogen (secondary N) is 1. The molecular formula is C12H13NO4. The lowest BCUT2D eigenvalue weighted by molar-refractivity contribution is -0.118. The summed E-state index contributed by atoms with van der Waals surface area (Å²) in [7, 11) is 1.58. The Morgan fingerprint density at radius 3 is 2.94 bits per heavy atom. The minimum Gasteiger partial charge on any atom is -0.497 e. The van der Waals surface area contributed by atoms with Gasteiger partial charge < -0.3 is 19.5 Å². The molecular weight excluding hydrogens is 222 g/mol. The fraction of sp³-hybridized carbons (Fsp3) is 0.250. The Morgan fingerprint density at radius 1 is 1.41 bits per heavy atom. The minimum absolute atomic E-state index is 0.120. The average Bonchev–Trinajstić information content (AvgIpc) is 2.35. The molecule has 0 spiro atoms. The summed E-state index contributed by atoms with van der Waals surface area (Å²) in [5.74, 6) is 2.31. The predicted molar refractivity (Wildman–Crippen MR) is 61.0 cm³/mol. The third-order valence-electron chi connectivity index (χ3n) is 2.22. The molecule has 1 aromatic rings. The monoisotopic (exact) mass is 235 g/mol. The van der Waals surface area contributed by atoms with Gasteiger partial charge >= 0.3 is 0 Å². The van der Waals surface area contributed by atoms with Crippen molar-refractivity contribution in [1.29, 1.82) is 0 Å². The first-order chi connectivity index (χ1) is 8.19. The molecule has 0 bridgehead atoms. The van der Waals surface area contributed by atoms with Crippen LogP contribution in [0.5, 0.6) is 17.2 Å². The molecule has 2 rings (SSSR count). The summed E-state index contributed by atoms with van der Waals surface area (Å²) in [5, 5.41) is 2.63. The van der Waals surface area contributed by atoms with Crippen molar-refractivity contribution in [2.45, 2.75) is 6.92 Å². The van der Waals surface area contributed by atoms with Gasteiger partial charge in [0.15, 0.2) is 17.3 Å². The van der Waals surface area contributed by atoms with Crippen LogP contribution in [0.2, 0.25) is 0 Å². The summed E-state index contributed by atoms with van der Waals surface area (Å²) in [6.45, 7) is 1.74. The third-order valence-corrected chi connectivity index (χ3v) is 2.22. The Kier molecular flexibility index (Phi) is 3.18. The molecule has 0 radical (unpaired) electrons. The molecule has 1 amide bonds. The van der Waals surface area contributed by atoms with Gasteiger partial charge in [-0.25, -0.2) is 0 Å². The van der Waals surface area contributed by atoms with Crippen LogP contribution in [0.15, 0.2) is 30.2 Å². The molecule has 0 unspecified atom stereocenters. The number of ether oxygens (including phenoxy) is 3. The van der Waals surface area contributed by atoms with Crippen molar-refractivity contribution in [2.75, 3.05) is 13.7 Å². The normalized spacial score (nSPS) is 12.7. The third kappa shape index (κ3) is 2.69. The van der Waals surface area contributed by atoms with Gasteiger partial charge in [-0.3, -0.25) is 4.79 Å². The molecule has 1 aliphatic heterocycles. The molecule has 0 fully saturated rings. The lowest BCUT2D eigenvalue weighted by Crippen LogP contribution is -2.25. The largest absolute Gasteiger partial charge is 0.497 e. The van der Waals surface area contributed by atoms with Gasteiger partial charge in [0.1, 0.15) is 12.0 Å². The summed E-state index contributed by atoms with van der Waals surface area (Å²) in [4.78, 5) is 10.8. The number of methoxy groups -OCH3 is 1. The van der Waals surface area contributed by atoms with Crippen molar-refractivity contribution in [3.05, 3.63) is 30.2 Å². The standard InChI is InChI=1S/C12H13NO4/c1-8(14)13-6-10-7-16-11-4-3-9(15-2)5-12(11)17-10/h3-5,7H,6H2,1-2H3,(H,13,14). The van der Waals surface area contributed by atoms with E-state index in [1.165, 1.54) is 13.2 Å². The second-order valence-corrected chi connectivity index (χ2v) is 3.53. The quantitative estimate of drug-likeness (QED) is 0.861. The summed E-state index contributed by atoms with van der Waals surface area (Å²) < 4.78 is 16.0. The van der Waals surface area contributed by atoms with Crippen LogP contribution in [-0.2, 0) is 4.79 Å². The Bertz CT molecular complexity index is 468. The first-order valence-electron chi connectivity index (χ1n) is 5.15. The average molecular weight is 235 g/mol. The number of carbonyl (C=O) groups is 1. The van der Waals surface area contributed by atoms with Gasteiger partial charge in [0, 0.05) is 13.0 Å². The Labute approximate surface area is 99.0 Å². The lowest BCUT2D eigenvalue weighted by atomic mass is 10.3. The fourth-order valence-corrected chi connectivity index (χ4v) is 1.38. The van der Waals surface area contributed by atoms with Crippen LogP contribution >= 0.6 is 0 Å². The second kappa shape index (κ2) is 4.78. The van der Waals surface area contributed by atoms with E-state index in [2.05, 4.69) is 5.32 Å². The first kappa shape index (κ1) is 11.3. The highest BCUT2D eigenvalue weighted by Crippen LogP contribution is 2.35. The van der Waals surface area contributed by atoms with E-state index < -0.39 is 0 Å². The molecule has 90 valence electrons. The van der Waals surface area contributed by atoms with E-state index >= 15 is 0 Å². The zero-order chi connectivity index (χ0) is 12.3. The van der Waals surface area contributed by atoms with Gasteiger partial charge in [0.25, 0.3) is 0 Å². The topological polar surface area (TPSA) is 56.8 Å². The van der Waals surface area contributed by atoms with E-state index in [1.807, 2.05) is 0 Å². The van der Waals surface area contributed by atoms with Crippen molar-refractivity contribution in [3.8, 4) is 17.2 Å². The highest BCUT2D eigenvalue weighted by molar-refractivity contribution is 5.73. The van der Waals surface area contributed by atoms with Gasteiger partial charge in [-0.1, -0.05) is 0 Å². The maximum atomic E-state index is 10.8. The number of fused-ring (bicyclic) bond motifs is 1. The van der Waals surface area contributed by atoms with Crippen LogP contribution in [0.25, 0.3) is 0 Å². The Hall–Kier alpha value is -2.17. The lowest BCUT2D eigenvalue weighted by Gasteiger charge is -2.18. The van der Waals surface area contributed by atoms with Gasteiger partial charge in [0.05, 0.1) is 13.7 Å². The van der Waals surface area contributed by atoms with E-state index in [1.54, 1.807) is 25.3 Å². The van der Waals surface area contributed by atoms with Crippen LogP contribution in [0.3, 0.4) is 0 Å². The van der Waals surface area contributed by atoms with Crippen LogP contribution in [-0.4, -0.2) is 19.6 Å². The highest BCUT2D eigenvalue weighted by Gasteiger charge is 2.15. The summed E-state index contributed by atoms with van der Waals surface area (Å²) in [5.41, 5.74) is 0. The van der Waals surface area contributed by atoms with Crippen molar-refractivity contribution in [1.82, 2.24) is 5.32 Å². The molecule has 5 heteroatoms. The van der Waals surface area contributed by atoms with E-state index in [0.717, 1.165) is 0 Å². The second-order valence-electron chi connectivity index (χ2n) is 3.53. The minimum atomic E-state index is -0.120. The molecule has 1 N–H and O–H groups in total. The molecule has 1 aromatic carbocycles. The molecule has 0 aromatic heterocycles. The summed E-state index contributed by atoms with van der Waals surface area (Å²) in [6.07, 6.45) is 1.48. The van der Waals surface area contributed by atoms with Crippen molar-refractivity contribution >= 4 is 5.91 Å². The smallest absolute Gasteiger partial charge is 0.217 e. The highest BCUT2D eigenvalue weighted by atomic mass is 16.6. The molecule has 0 saturated heterocycles. The fourth-order valence-electron chi connectivity index (χ4n) is 1.38. The van der Waals surface area contributed by atoms with E-state index in [4.69, 9.17) is 14.2 Å². The van der Waals surface area contributed by atoms with Crippen molar-refractivity contribution in [2.24, 2.45) is 0 Å². The van der Waals surface area contributed by atoms with Crippen molar-refractivity contribution < 1.29 is 19.0 Å². The molecule has 0 saturated carbocycles. The zero-order valence-corrected chi connectivity index (χ0v) is 9.65. The molecule has 17 heavy (non-hydrogen) atoms. The number of benzene rings is 1.